The third-order valence-corrected chi connectivity index (χ3v) is 7.01. The fourth-order valence-electron chi connectivity index (χ4n) is 3.78. The summed E-state index contributed by atoms with van der Waals surface area (Å²) in [7, 11) is 0. The fourth-order valence-corrected chi connectivity index (χ4v) is 5.65. The van der Waals surface area contributed by atoms with Crippen LogP contribution < -0.4 is 11.1 Å². The molecule has 1 aromatic carbocycles. The Labute approximate surface area is 173 Å². The molecule has 8 nitrogen and oxygen atoms in total. The van der Waals surface area contributed by atoms with Crippen molar-refractivity contribution in [3.8, 4) is 11.8 Å². The number of fused-ring (bicyclic) bond motifs is 2. The standard InChI is InChI=1S/C19H16N4O4S2/c24-14-12(16(26)22-6-8-28-18(22)20-14)11(10-4-2-1-3-5-10)13-15(25)21-19-23(17(13)27)7-9-29-19/h1-5,11,24-25H,6-9H2. The Morgan fingerprint density at radius 3 is 1.79 bits per heavy atom. The molecule has 2 aliphatic rings. The second-order valence-electron chi connectivity index (χ2n) is 6.72. The first-order valence-corrected chi connectivity index (χ1v) is 11.0. The first-order chi connectivity index (χ1) is 14.1. The van der Waals surface area contributed by atoms with Gasteiger partial charge >= 0.3 is 0 Å². The normalized spacial score (nSPS) is 14.9. The second kappa shape index (κ2) is 6.96. The Balaban J connectivity index is 1.83. The van der Waals surface area contributed by atoms with Crippen molar-refractivity contribution < 1.29 is 10.2 Å². The van der Waals surface area contributed by atoms with Gasteiger partial charge in [-0.25, -0.2) is 0 Å². The summed E-state index contributed by atoms with van der Waals surface area (Å²) in [5.74, 6) is -0.464. The minimum absolute atomic E-state index is 0.0251. The van der Waals surface area contributed by atoms with Gasteiger partial charge in [0.15, 0.2) is 10.3 Å². The number of benzene rings is 1. The highest BCUT2D eigenvalue weighted by atomic mass is 32.2. The summed E-state index contributed by atoms with van der Waals surface area (Å²) >= 11 is 2.78. The van der Waals surface area contributed by atoms with Gasteiger partial charge in [0.1, 0.15) is 0 Å². The van der Waals surface area contributed by atoms with E-state index in [0.717, 1.165) is 0 Å². The minimum Gasteiger partial charge on any atom is -0.493 e. The fraction of sp³-hybridized carbons (Fsp3) is 0.263. The molecule has 0 amide bonds. The lowest BCUT2D eigenvalue weighted by Crippen LogP contribution is -2.32. The van der Waals surface area contributed by atoms with Crippen LogP contribution in [0.15, 0.2) is 50.2 Å². The number of rotatable bonds is 3. The van der Waals surface area contributed by atoms with Crippen molar-refractivity contribution in [1.29, 1.82) is 0 Å². The summed E-state index contributed by atoms with van der Waals surface area (Å²) in [5, 5.41) is 22.2. The molecule has 5 rings (SSSR count). The van der Waals surface area contributed by atoms with Crippen LogP contribution in [0.25, 0.3) is 0 Å². The maximum Gasteiger partial charge on any atom is 0.262 e. The van der Waals surface area contributed by atoms with Gasteiger partial charge in [0.05, 0.1) is 17.0 Å². The molecule has 0 bridgehead atoms. The molecule has 0 unspecified atom stereocenters. The number of thioether (sulfide) groups is 2. The summed E-state index contributed by atoms with van der Waals surface area (Å²) < 4.78 is 3.00. The number of aromatic hydroxyl groups is 2. The van der Waals surface area contributed by atoms with E-state index in [1.165, 1.54) is 32.7 Å². The van der Waals surface area contributed by atoms with Gasteiger partial charge in [0.25, 0.3) is 11.1 Å². The summed E-state index contributed by atoms with van der Waals surface area (Å²) in [6.45, 7) is 0.954. The van der Waals surface area contributed by atoms with Crippen LogP contribution in [0.5, 0.6) is 11.8 Å². The molecule has 2 aromatic heterocycles. The summed E-state index contributed by atoms with van der Waals surface area (Å²) in [4.78, 5) is 34.9. The molecule has 0 radical (unpaired) electrons. The van der Waals surface area contributed by atoms with E-state index in [1.54, 1.807) is 24.3 Å². The molecule has 0 fully saturated rings. The predicted molar refractivity (Wildman–Crippen MR) is 109 cm³/mol. The van der Waals surface area contributed by atoms with Crippen LogP contribution in [0.3, 0.4) is 0 Å². The van der Waals surface area contributed by atoms with E-state index in [2.05, 4.69) is 9.97 Å². The van der Waals surface area contributed by atoms with Crippen molar-refractivity contribution >= 4 is 23.5 Å². The molecule has 0 saturated heterocycles. The molecule has 2 aliphatic heterocycles. The lowest BCUT2D eigenvalue weighted by molar-refractivity contribution is 0.414. The van der Waals surface area contributed by atoms with Gasteiger partial charge < -0.3 is 10.2 Å². The quantitative estimate of drug-likeness (QED) is 0.606. The summed E-state index contributed by atoms with van der Waals surface area (Å²) in [6.07, 6.45) is 0. The molecule has 148 valence electrons. The third kappa shape index (κ3) is 2.85. The van der Waals surface area contributed by atoms with Crippen LogP contribution in [-0.4, -0.2) is 40.8 Å². The second-order valence-corrected chi connectivity index (χ2v) is 8.84. The summed E-state index contributed by atoms with van der Waals surface area (Å²) in [6, 6.07) is 8.87. The molecule has 4 heterocycles. The zero-order valence-corrected chi connectivity index (χ0v) is 16.7. The van der Waals surface area contributed by atoms with Crippen LogP contribution >= 0.6 is 23.5 Å². The molecule has 0 spiro atoms. The maximum atomic E-state index is 13.3. The zero-order chi connectivity index (χ0) is 20.1. The Kier molecular flexibility index (Phi) is 4.39. The molecule has 29 heavy (non-hydrogen) atoms. The first kappa shape index (κ1) is 18.3. The average molecular weight is 428 g/mol. The van der Waals surface area contributed by atoms with Gasteiger partial charge in [-0.2, -0.15) is 9.97 Å². The van der Waals surface area contributed by atoms with Gasteiger partial charge in [-0.05, 0) is 5.56 Å². The first-order valence-electron chi connectivity index (χ1n) is 9.04. The van der Waals surface area contributed by atoms with Crippen molar-refractivity contribution in [2.24, 2.45) is 0 Å². The number of nitrogens with zero attached hydrogens (tertiary/aromatic N) is 4. The van der Waals surface area contributed by atoms with Crippen molar-refractivity contribution in [2.45, 2.75) is 29.3 Å². The SMILES string of the molecule is O=c1c(C(c2ccccc2)c2c(O)nc3n(c2=O)CCS3)c(O)nc2n1CCS2. The minimum atomic E-state index is -0.983. The van der Waals surface area contributed by atoms with E-state index in [1.807, 2.05) is 6.07 Å². The monoisotopic (exact) mass is 428 g/mol. The van der Waals surface area contributed by atoms with Crippen molar-refractivity contribution in [3.63, 3.8) is 0 Å². The topological polar surface area (TPSA) is 110 Å². The Hall–Kier alpha value is -2.72. The largest absolute Gasteiger partial charge is 0.493 e. The summed E-state index contributed by atoms with van der Waals surface area (Å²) in [5.41, 5.74) is -0.283. The predicted octanol–water partition coefficient (Wildman–Crippen LogP) is 1.60. The van der Waals surface area contributed by atoms with E-state index >= 15 is 0 Å². The van der Waals surface area contributed by atoms with Gasteiger partial charge in [-0.3, -0.25) is 18.7 Å². The van der Waals surface area contributed by atoms with Gasteiger partial charge in [-0.1, -0.05) is 53.9 Å². The molecular weight excluding hydrogens is 412 g/mol. The van der Waals surface area contributed by atoms with Gasteiger partial charge in [-0.15, -0.1) is 0 Å². The van der Waals surface area contributed by atoms with E-state index < -0.39 is 28.8 Å². The third-order valence-electron chi connectivity index (χ3n) is 5.10. The lowest BCUT2D eigenvalue weighted by Gasteiger charge is -2.20. The van der Waals surface area contributed by atoms with Gasteiger partial charge in [0.2, 0.25) is 11.8 Å². The number of hydrogen-bond donors (Lipinski definition) is 2. The molecule has 0 atom stereocenters. The number of aromatic nitrogens is 4. The highest BCUT2D eigenvalue weighted by molar-refractivity contribution is 7.99. The van der Waals surface area contributed by atoms with E-state index in [4.69, 9.17) is 0 Å². The Morgan fingerprint density at radius 2 is 1.31 bits per heavy atom. The maximum absolute atomic E-state index is 13.3. The average Bonchev–Trinajstić information content (AvgIpc) is 3.36. The van der Waals surface area contributed by atoms with Crippen molar-refractivity contribution in [1.82, 2.24) is 19.1 Å². The van der Waals surface area contributed by atoms with Crippen LogP contribution in [0.1, 0.15) is 22.6 Å². The molecule has 10 heteroatoms. The van der Waals surface area contributed by atoms with E-state index in [9.17, 15) is 19.8 Å². The van der Waals surface area contributed by atoms with Crippen LogP contribution in [0.4, 0.5) is 0 Å². The van der Waals surface area contributed by atoms with E-state index in [0.29, 0.717) is 40.5 Å². The van der Waals surface area contributed by atoms with E-state index in [-0.39, 0.29) is 11.1 Å². The van der Waals surface area contributed by atoms with Crippen molar-refractivity contribution in [3.05, 3.63) is 67.7 Å². The van der Waals surface area contributed by atoms with Crippen molar-refractivity contribution in [2.75, 3.05) is 11.5 Å². The Bertz CT molecular complexity index is 1160. The Morgan fingerprint density at radius 1 is 0.828 bits per heavy atom. The lowest BCUT2D eigenvalue weighted by atomic mass is 9.87. The zero-order valence-electron chi connectivity index (χ0n) is 15.1. The number of hydrogen-bond acceptors (Lipinski definition) is 8. The molecule has 0 aliphatic carbocycles. The smallest absolute Gasteiger partial charge is 0.262 e. The molecule has 2 N–H and O–H groups in total. The van der Waals surface area contributed by atoms with Crippen LogP contribution in [0.2, 0.25) is 0 Å². The van der Waals surface area contributed by atoms with Crippen LogP contribution in [0, 0.1) is 0 Å². The molecule has 3 aromatic rings. The van der Waals surface area contributed by atoms with Crippen LogP contribution in [-0.2, 0) is 13.1 Å². The molecule has 0 saturated carbocycles. The highest BCUT2D eigenvalue weighted by Gasteiger charge is 2.34. The molecular formula is C19H16N4O4S2. The highest BCUT2D eigenvalue weighted by Crippen LogP contribution is 2.38. The van der Waals surface area contributed by atoms with Gasteiger partial charge in [0, 0.05) is 24.6 Å².